The quantitative estimate of drug-likeness (QED) is 0.265. The summed E-state index contributed by atoms with van der Waals surface area (Å²) in [6.45, 7) is 2.00. The summed E-state index contributed by atoms with van der Waals surface area (Å²) in [7, 11) is 1.59. The minimum absolute atomic E-state index is 0.227. The van der Waals surface area contributed by atoms with Crippen molar-refractivity contribution in [1.29, 1.82) is 0 Å². The van der Waals surface area contributed by atoms with E-state index in [1.165, 1.54) is 16.7 Å². The van der Waals surface area contributed by atoms with Crippen molar-refractivity contribution in [2.75, 3.05) is 17.3 Å². The molecule has 0 bridgehead atoms. The number of thioether (sulfide) groups is 1. The molecule has 0 aliphatic carbocycles. The molecule has 4 aromatic rings. The SMILES string of the molecule is COc1ccc(NC2=C(Sc3ccc(C)cc3)C(=O)N(c3ccc(Oc4ccccc4)cc3)C2=O)cc1. The molecule has 0 atom stereocenters. The number of anilines is 2. The molecule has 0 unspecified atom stereocenters. The van der Waals surface area contributed by atoms with Crippen molar-refractivity contribution in [3.63, 3.8) is 0 Å². The topological polar surface area (TPSA) is 67.9 Å². The van der Waals surface area contributed by atoms with Crippen LogP contribution in [-0.2, 0) is 9.59 Å². The summed E-state index contributed by atoms with van der Waals surface area (Å²) < 4.78 is 11.1. The Morgan fingerprint density at radius 2 is 1.32 bits per heavy atom. The molecule has 37 heavy (non-hydrogen) atoms. The van der Waals surface area contributed by atoms with Gasteiger partial charge in [0, 0.05) is 10.6 Å². The Morgan fingerprint density at radius 1 is 0.703 bits per heavy atom. The second-order valence-electron chi connectivity index (χ2n) is 8.33. The summed E-state index contributed by atoms with van der Waals surface area (Å²) in [5.74, 6) is 1.19. The average Bonchev–Trinajstić information content (AvgIpc) is 3.15. The van der Waals surface area contributed by atoms with E-state index in [-0.39, 0.29) is 11.6 Å². The monoisotopic (exact) mass is 508 g/mol. The van der Waals surface area contributed by atoms with E-state index < -0.39 is 5.91 Å². The molecule has 6 nitrogen and oxygen atoms in total. The van der Waals surface area contributed by atoms with Gasteiger partial charge < -0.3 is 14.8 Å². The smallest absolute Gasteiger partial charge is 0.283 e. The van der Waals surface area contributed by atoms with Gasteiger partial charge in [-0.15, -0.1) is 0 Å². The van der Waals surface area contributed by atoms with Crippen LogP contribution in [0.25, 0.3) is 0 Å². The maximum absolute atomic E-state index is 13.6. The molecular weight excluding hydrogens is 484 g/mol. The number of ether oxygens (including phenoxy) is 2. The summed E-state index contributed by atoms with van der Waals surface area (Å²) in [5.41, 5.74) is 2.48. The molecule has 2 amide bonds. The zero-order chi connectivity index (χ0) is 25.8. The van der Waals surface area contributed by atoms with Gasteiger partial charge in [-0.2, -0.15) is 0 Å². The highest BCUT2D eigenvalue weighted by Gasteiger charge is 2.40. The molecule has 0 fully saturated rings. The van der Waals surface area contributed by atoms with Gasteiger partial charge in [-0.25, -0.2) is 4.90 Å². The van der Waals surface area contributed by atoms with Crippen molar-refractivity contribution in [2.24, 2.45) is 0 Å². The highest BCUT2D eigenvalue weighted by Crippen LogP contribution is 2.38. The molecule has 0 radical (unpaired) electrons. The molecule has 7 heteroatoms. The molecule has 0 aromatic heterocycles. The molecule has 0 saturated heterocycles. The van der Waals surface area contributed by atoms with Crippen LogP contribution in [0, 0.1) is 6.92 Å². The van der Waals surface area contributed by atoms with Crippen LogP contribution in [0.2, 0.25) is 0 Å². The number of hydrogen-bond acceptors (Lipinski definition) is 6. The molecular formula is C30H24N2O4S. The van der Waals surface area contributed by atoms with Crippen LogP contribution in [0.3, 0.4) is 0 Å². The van der Waals surface area contributed by atoms with E-state index in [4.69, 9.17) is 9.47 Å². The van der Waals surface area contributed by atoms with Gasteiger partial charge in [0.25, 0.3) is 11.8 Å². The Bertz CT molecular complexity index is 1450. The number of carbonyl (C=O) groups is 2. The Labute approximate surface area is 219 Å². The lowest BCUT2D eigenvalue weighted by Crippen LogP contribution is -2.32. The Balaban J connectivity index is 1.44. The number of para-hydroxylation sites is 1. The van der Waals surface area contributed by atoms with Crippen LogP contribution >= 0.6 is 11.8 Å². The first kappa shape index (κ1) is 24.2. The third-order valence-electron chi connectivity index (χ3n) is 5.72. The number of methoxy groups -OCH3 is 1. The minimum atomic E-state index is -0.424. The average molecular weight is 509 g/mol. The lowest BCUT2D eigenvalue weighted by molar-refractivity contribution is -0.120. The largest absolute Gasteiger partial charge is 0.497 e. The van der Waals surface area contributed by atoms with Gasteiger partial charge in [0.05, 0.1) is 12.8 Å². The van der Waals surface area contributed by atoms with Crippen molar-refractivity contribution in [3.05, 3.63) is 119 Å². The number of nitrogens with one attached hydrogen (secondary N) is 1. The first-order chi connectivity index (χ1) is 18.0. The summed E-state index contributed by atoms with van der Waals surface area (Å²) >= 11 is 1.27. The van der Waals surface area contributed by atoms with E-state index >= 15 is 0 Å². The van der Waals surface area contributed by atoms with Gasteiger partial charge in [0.2, 0.25) is 0 Å². The molecule has 4 aromatic carbocycles. The number of aryl methyl sites for hydroxylation is 1. The predicted octanol–water partition coefficient (Wildman–Crippen LogP) is 6.79. The zero-order valence-corrected chi connectivity index (χ0v) is 21.1. The van der Waals surface area contributed by atoms with Gasteiger partial charge in [0.15, 0.2) is 0 Å². The van der Waals surface area contributed by atoms with Gasteiger partial charge >= 0.3 is 0 Å². The van der Waals surface area contributed by atoms with Crippen LogP contribution in [0.15, 0.2) is 119 Å². The highest BCUT2D eigenvalue weighted by molar-refractivity contribution is 8.04. The first-order valence-corrected chi connectivity index (χ1v) is 12.4. The fourth-order valence-electron chi connectivity index (χ4n) is 3.78. The first-order valence-electron chi connectivity index (χ1n) is 11.6. The van der Waals surface area contributed by atoms with Crippen molar-refractivity contribution in [1.82, 2.24) is 0 Å². The Morgan fingerprint density at radius 3 is 1.97 bits per heavy atom. The van der Waals surface area contributed by atoms with Crippen molar-refractivity contribution in [2.45, 2.75) is 11.8 Å². The fraction of sp³-hybridized carbons (Fsp3) is 0.0667. The van der Waals surface area contributed by atoms with Gasteiger partial charge in [-0.1, -0.05) is 47.7 Å². The Kier molecular flexibility index (Phi) is 6.96. The number of nitrogens with zero attached hydrogens (tertiary/aromatic N) is 1. The third kappa shape index (κ3) is 5.37. The van der Waals surface area contributed by atoms with Gasteiger partial charge in [0.1, 0.15) is 27.9 Å². The number of imide groups is 1. The van der Waals surface area contributed by atoms with Crippen molar-refractivity contribution < 1.29 is 19.1 Å². The van der Waals surface area contributed by atoms with E-state index in [0.717, 1.165) is 10.5 Å². The molecule has 184 valence electrons. The Hall–Kier alpha value is -4.49. The summed E-state index contributed by atoms with van der Waals surface area (Å²) in [6, 6.07) is 31.3. The number of amides is 2. The molecule has 1 N–H and O–H groups in total. The number of hydrogen-bond donors (Lipinski definition) is 1. The van der Waals surface area contributed by atoms with E-state index in [1.807, 2.05) is 61.5 Å². The van der Waals surface area contributed by atoms with Crippen LogP contribution in [0.1, 0.15) is 5.56 Å². The second kappa shape index (κ2) is 10.6. The molecule has 0 spiro atoms. The standard InChI is InChI=1S/C30H24N2O4S/c1-20-8-18-26(19-9-20)37-28-27(31-21-10-14-23(35-2)15-11-21)29(33)32(30(28)34)22-12-16-25(17-13-22)36-24-6-4-3-5-7-24/h3-19,31H,1-2H3. The van der Waals surface area contributed by atoms with Gasteiger partial charge in [-0.05, 0) is 79.7 Å². The third-order valence-corrected chi connectivity index (χ3v) is 6.81. The van der Waals surface area contributed by atoms with Gasteiger partial charge in [-0.3, -0.25) is 9.59 Å². The molecule has 1 aliphatic heterocycles. The van der Waals surface area contributed by atoms with E-state index in [1.54, 1.807) is 55.6 Å². The lowest BCUT2D eigenvalue weighted by atomic mass is 10.2. The summed E-state index contributed by atoms with van der Waals surface area (Å²) in [5, 5.41) is 3.16. The second-order valence-corrected chi connectivity index (χ2v) is 9.41. The zero-order valence-electron chi connectivity index (χ0n) is 20.3. The predicted molar refractivity (Wildman–Crippen MR) is 146 cm³/mol. The normalized spacial score (nSPS) is 13.2. The maximum Gasteiger partial charge on any atom is 0.283 e. The van der Waals surface area contributed by atoms with E-state index in [2.05, 4.69) is 5.32 Å². The van der Waals surface area contributed by atoms with Crippen LogP contribution in [-0.4, -0.2) is 18.9 Å². The minimum Gasteiger partial charge on any atom is -0.497 e. The molecule has 1 aliphatic rings. The van der Waals surface area contributed by atoms with E-state index in [9.17, 15) is 9.59 Å². The fourth-order valence-corrected chi connectivity index (χ4v) is 4.71. The van der Waals surface area contributed by atoms with E-state index in [0.29, 0.717) is 33.5 Å². The molecule has 0 saturated carbocycles. The molecule has 1 heterocycles. The van der Waals surface area contributed by atoms with Crippen molar-refractivity contribution in [3.8, 4) is 17.2 Å². The van der Waals surface area contributed by atoms with Crippen LogP contribution in [0.4, 0.5) is 11.4 Å². The van der Waals surface area contributed by atoms with Crippen LogP contribution in [0.5, 0.6) is 17.2 Å². The summed E-state index contributed by atoms with van der Waals surface area (Å²) in [4.78, 5) is 29.6. The number of benzene rings is 4. The van der Waals surface area contributed by atoms with Crippen LogP contribution < -0.4 is 19.7 Å². The number of rotatable bonds is 8. The molecule has 5 rings (SSSR count). The number of carbonyl (C=O) groups excluding carboxylic acids is 2. The highest BCUT2D eigenvalue weighted by atomic mass is 32.2. The lowest BCUT2D eigenvalue weighted by Gasteiger charge is -2.16. The van der Waals surface area contributed by atoms with Crippen molar-refractivity contribution >= 4 is 35.0 Å². The maximum atomic E-state index is 13.6. The summed E-state index contributed by atoms with van der Waals surface area (Å²) in [6.07, 6.45) is 0.